The van der Waals surface area contributed by atoms with Crippen LogP contribution in [0.3, 0.4) is 0 Å². The molecule has 1 unspecified atom stereocenters. The Morgan fingerprint density at radius 3 is 3.08 bits per heavy atom. The van der Waals surface area contributed by atoms with Gasteiger partial charge in [0.25, 0.3) is 0 Å². The van der Waals surface area contributed by atoms with Crippen molar-refractivity contribution in [3.05, 3.63) is 28.3 Å². The maximum Gasteiger partial charge on any atom is 0.0455 e. The third-order valence-corrected chi connectivity index (χ3v) is 3.37. The molecular weight excluding hydrogens is 202 g/mol. The Morgan fingerprint density at radius 1 is 1.54 bits per heavy atom. The number of nitrogens with one attached hydrogen (secondary N) is 1. The molecule has 2 rings (SSSR count). The molecule has 0 aromatic heterocycles. The lowest BCUT2D eigenvalue weighted by Crippen LogP contribution is -2.13. The highest BCUT2D eigenvalue weighted by atomic mass is 35.5. The zero-order valence-electron chi connectivity index (χ0n) is 7.47. The van der Waals surface area contributed by atoms with E-state index >= 15 is 0 Å². The van der Waals surface area contributed by atoms with Crippen molar-refractivity contribution in [1.82, 2.24) is 0 Å². The van der Waals surface area contributed by atoms with Gasteiger partial charge in [0.05, 0.1) is 0 Å². The van der Waals surface area contributed by atoms with E-state index in [1.807, 2.05) is 13.0 Å². The van der Waals surface area contributed by atoms with Crippen molar-refractivity contribution in [1.29, 1.82) is 0 Å². The van der Waals surface area contributed by atoms with Crippen LogP contribution in [-0.4, -0.2) is 6.54 Å². The average Bonchev–Trinajstić information content (AvgIpc) is 2.09. The quantitative estimate of drug-likeness (QED) is 0.630. The molecule has 3 heteroatoms. The molecule has 0 saturated heterocycles. The molecule has 0 amide bonds. The van der Waals surface area contributed by atoms with Crippen molar-refractivity contribution >= 4 is 29.9 Å². The van der Waals surface area contributed by atoms with Crippen LogP contribution in [0.1, 0.15) is 22.8 Å². The largest absolute Gasteiger partial charge is 0.385 e. The average molecular weight is 214 g/mol. The molecule has 0 fully saturated rings. The Labute approximate surface area is 88.9 Å². The van der Waals surface area contributed by atoms with E-state index in [0.717, 1.165) is 29.2 Å². The van der Waals surface area contributed by atoms with Gasteiger partial charge in [0.2, 0.25) is 0 Å². The van der Waals surface area contributed by atoms with Gasteiger partial charge in [-0.1, -0.05) is 17.7 Å². The van der Waals surface area contributed by atoms with E-state index in [4.69, 9.17) is 11.6 Å². The first-order valence-corrected chi connectivity index (χ1v) is 5.30. The van der Waals surface area contributed by atoms with Crippen molar-refractivity contribution in [3.63, 3.8) is 0 Å². The van der Waals surface area contributed by atoms with Crippen LogP contribution < -0.4 is 5.32 Å². The molecule has 1 atom stereocenters. The zero-order valence-corrected chi connectivity index (χ0v) is 9.12. The minimum Gasteiger partial charge on any atom is -0.385 e. The highest BCUT2D eigenvalue weighted by Gasteiger charge is 2.17. The number of hydrogen-bond acceptors (Lipinski definition) is 2. The third kappa shape index (κ3) is 1.65. The molecule has 70 valence electrons. The lowest BCUT2D eigenvalue weighted by atomic mass is 10.0. The second-order valence-electron chi connectivity index (χ2n) is 3.42. The molecule has 1 heterocycles. The zero-order chi connectivity index (χ0) is 9.42. The Bertz CT molecular complexity index is 338. The number of fused-ring (bicyclic) bond motifs is 1. The molecule has 1 aromatic rings. The summed E-state index contributed by atoms with van der Waals surface area (Å²) >= 11 is 10.6. The predicted molar refractivity (Wildman–Crippen MR) is 61.0 cm³/mol. The molecule has 1 N–H and O–H groups in total. The first-order valence-electron chi connectivity index (χ1n) is 4.40. The molecule has 0 spiro atoms. The summed E-state index contributed by atoms with van der Waals surface area (Å²) < 4.78 is 0. The van der Waals surface area contributed by atoms with E-state index in [2.05, 4.69) is 24.0 Å². The Kier molecular flexibility index (Phi) is 2.43. The van der Waals surface area contributed by atoms with Crippen LogP contribution in [-0.2, 0) is 0 Å². The molecule has 0 saturated carbocycles. The van der Waals surface area contributed by atoms with Crippen LogP contribution in [0.2, 0.25) is 5.02 Å². The minimum atomic E-state index is 0.354. The van der Waals surface area contributed by atoms with Crippen molar-refractivity contribution in [3.8, 4) is 0 Å². The van der Waals surface area contributed by atoms with Crippen LogP contribution >= 0.6 is 24.2 Å². The van der Waals surface area contributed by atoms with E-state index in [1.54, 1.807) is 0 Å². The molecule has 0 radical (unpaired) electrons. The summed E-state index contributed by atoms with van der Waals surface area (Å²) in [5.74, 6) is 0. The molecule has 0 bridgehead atoms. The second-order valence-corrected chi connectivity index (χ2v) is 4.45. The number of anilines is 1. The van der Waals surface area contributed by atoms with Gasteiger partial charge in [-0.15, -0.1) is 0 Å². The van der Waals surface area contributed by atoms with Gasteiger partial charge in [-0.2, -0.15) is 12.6 Å². The molecule has 1 nitrogen and oxygen atoms in total. The van der Waals surface area contributed by atoms with E-state index in [1.165, 1.54) is 5.56 Å². The molecule has 1 aromatic carbocycles. The van der Waals surface area contributed by atoms with Crippen LogP contribution in [0.25, 0.3) is 0 Å². The summed E-state index contributed by atoms with van der Waals surface area (Å²) in [4.78, 5) is 0. The molecule has 0 aliphatic carbocycles. The fourth-order valence-corrected chi connectivity index (χ4v) is 2.14. The highest BCUT2D eigenvalue weighted by Crippen LogP contribution is 2.36. The normalized spacial score (nSPS) is 20.7. The Hall–Kier alpha value is -0.340. The van der Waals surface area contributed by atoms with Gasteiger partial charge in [0, 0.05) is 22.5 Å². The summed E-state index contributed by atoms with van der Waals surface area (Å²) in [5, 5.41) is 4.51. The van der Waals surface area contributed by atoms with Crippen molar-refractivity contribution in [2.24, 2.45) is 0 Å². The summed E-state index contributed by atoms with van der Waals surface area (Å²) in [7, 11) is 0. The van der Waals surface area contributed by atoms with Crippen LogP contribution in [0.4, 0.5) is 5.69 Å². The predicted octanol–water partition coefficient (Wildman–Crippen LogP) is 3.43. The lowest BCUT2D eigenvalue weighted by molar-refractivity contribution is 0.815. The van der Waals surface area contributed by atoms with Gasteiger partial charge in [0.15, 0.2) is 0 Å². The summed E-state index contributed by atoms with van der Waals surface area (Å²) in [5.41, 5.74) is 3.54. The molecule has 1 aliphatic heterocycles. The smallest absolute Gasteiger partial charge is 0.0455 e. The van der Waals surface area contributed by atoms with Gasteiger partial charge in [0.1, 0.15) is 0 Å². The lowest BCUT2D eigenvalue weighted by Gasteiger charge is -2.24. The maximum atomic E-state index is 6.03. The minimum absolute atomic E-state index is 0.354. The number of hydrogen-bond donors (Lipinski definition) is 2. The van der Waals surface area contributed by atoms with Crippen molar-refractivity contribution in [2.45, 2.75) is 18.6 Å². The van der Waals surface area contributed by atoms with Crippen LogP contribution in [0.15, 0.2) is 12.1 Å². The maximum absolute atomic E-state index is 6.03. The number of halogens is 1. The number of thiol groups is 1. The van der Waals surface area contributed by atoms with Gasteiger partial charge in [-0.05, 0) is 30.5 Å². The van der Waals surface area contributed by atoms with Gasteiger partial charge >= 0.3 is 0 Å². The summed E-state index contributed by atoms with van der Waals surface area (Å²) in [6.45, 7) is 3.01. The number of benzene rings is 1. The SMILES string of the molecule is Cc1cc2c(cc1Cl)NCCC2S. The number of rotatable bonds is 0. The molecular formula is C10H12ClNS. The summed E-state index contributed by atoms with van der Waals surface area (Å²) in [6.07, 6.45) is 1.08. The molecule has 1 aliphatic rings. The second kappa shape index (κ2) is 3.43. The molecule has 13 heavy (non-hydrogen) atoms. The van der Waals surface area contributed by atoms with E-state index in [-0.39, 0.29) is 0 Å². The van der Waals surface area contributed by atoms with Crippen LogP contribution in [0.5, 0.6) is 0 Å². The monoisotopic (exact) mass is 213 g/mol. The number of aryl methyl sites for hydroxylation is 1. The van der Waals surface area contributed by atoms with Crippen molar-refractivity contribution < 1.29 is 0 Å². The van der Waals surface area contributed by atoms with Gasteiger partial charge in [-0.25, -0.2) is 0 Å². The Balaban J connectivity index is 2.52. The fourth-order valence-electron chi connectivity index (χ4n) is 1.63. The van der Waals surface area contributed by atoms with Gasteiger partial charge in [-0.3, -0.25) is 0 Å². The van der Waals surface area contributed by atoms with E-state index in [0.29, 0.717) is 5.25 Å². The fraction of sp³-hybridized carbons (Fsp3) is 0.400. The van der Waals surface area contributed by atoms with E-state index in [9.17, 15) is 0 Å². The Morgan fingerprint density at radius 2 is 2.31 bits per heavy atom. The van der Waals surface area contributed by atoms with E-state index < -0.39 is 0 Å². The first kappa shape index (κ1) is 9.22. The third-order valence-electron chi connectivity index (χ3n) is 2.42. The topological polar surface area (TPSA) is 12.0 Å². The van der Waals surface area contributed by atoms with Crippen molar-refractivity contribution in [2.75, 3.05) is 11.9 Å². The summed E-state index contributed by atoms with van der Waals surface area (Å²) in [6, 6.07) is 4.12. The standard InChI is InChI=1S/C10H12ClNS/c1-6-4-7-9(5-8(6)11)12-3-2-10(7)13/h4-5,10,12-13H,2-3H2,1H3. The first-order chi connectivity index (χ1) is 6.18. The van der Waals surface area contributed by atoms with Gasteiger partial charge < -0.3 is 5.32 Å². The van der Waals surface area contributed by atoms with Crippen LogP contribution in [0, 0.1) is 6.92 Å². The highest BCUT2D eigenvalue weighted by molar-refractivity contribution is 7.80.